The number of hydrogen-bond acceptors (Lipinski definition) is 5. The van der Waals surface area contributed by atoms with Crippen LogP contribution in [0.5, 0.6) is 5.75 Å². The maximum Gasteiger partial charge on any atom is 0.435 e. The molecule has 0 aliphatic rings. The molecule has 5 aromatic rings. The zero-order chi connectivity index (χ0) is 24.2. The van der Waals surface area contributed by atoms with E-state index >= 15 is 0 Å². The number of methoxy groups -OCH3 is 1. The van der Waals surface area contributed by atoms with Gasteiger partial charge in [0.1, 0.15) is 28.3 Å². The maximum atomic E-state index is 13.9. The van der Waals surface area contributed by atoms with Crippen molar-refractivity contribution in [3.8, 4) is 28.3 Å². The average Bonchev–Trinajstić information content (AvgIpc) is 3.19. The second kappa shape index (κ2) is 7.58. The Morgan fingerprint density at radius 1 is 0.971 bits per heavy atom. The van der Waals surface area contributed by atoms with Gasteiger partial charge in [-0.1, -0.05) is 36.4 Å². The standard InChI is InChI=1S/C23H16F3N5O3/c1-11-15(19-28-17-13(21(32)29-19)9-6-10-14(17)34-2)22(33)31-20(27-11)16(12-7-4-3-5-8-12)18(30-31)23(24,25)26/h3-10,27H,1-2H3,(H,28,29,32). The molecule has 0 aliphatic carbocycles. The Hall–Kier alpha value is -4.41. The van der Waals surface area contributed by atoms with Crippen molar-refractivity contribution >= 4 is 16.6 Å². The van der Waals surface area contributed by atoms with Crippen molar-refractivity contribution in [3.05, 3.63) is 80.6 Å². The van der Waals surface area contributed by atoms with E-state index in [0.29, 0.717) is 10.3 Å². The van der Waals surface area contributed by atoms with Crippen molar-refractivity contribution in [2.75, 3.05) is 7.11 Å². The number of hydrogen-bond donors (Lipinski definition) is 2. The molecule has 8 nitrogen and oxygen atoms in total. The number of nitrogens with one attached hydrogen (secondary N) is 2. The monoisotopic (exact) mass is 467 g/mol. The van der Waals surface area contributed by atoms with Gasteiger partial charge in [0.2, 0.25) is 0 Å². The molecule has 3 heterocycles. The molecule has 0 bridgehead atoms. The number of fused-ring (bicyclic) bond motifs is 2. The van der Waals surface area contributed by atoms with Crippen LogP contribution < -0.4 is 15.9 Å². The van der Waals surface area contributed by atoms with E-state index < -0.39 is 23.0 Å². The Labute approximate surface area is 188 Å². The molecule has 0 amide bonds. The normalized spacial score (nSPS) is 11.9. The highest BCUT2D eigenvalue weighted by Crippen LogP contribution is 2.38. The molecule has 0 unspecified atom stereocenters. The molecule has 0 radical (unpaired) electrons. The van der Waals surface area contributed by atoms with Gasteiger partial charge in [0.15, 0.2) is 5.69 Å². The van der Waals surface area contributed by atoms with Crippen LogP contribution in [0.2, 0.25) is 0 Å². The Morgan fingerprint density at radius 2 is 1.71 bits per heavy atom. The summed E-state index contributed by atoms with van der Waals surface area (Å²) in [4.78, 5) is 35.8. The van der Waals surface area contributed by atoms with Gasteiger partial charge in [-0.25, -0.2) is 4.98 Å². The number of H-pyrrole nitrogens is 2. The van der Waals surface area contributed by atoms with E-state index in [9.17, 15) is 22.8 Å². The van der Waals surface area contributed by atoms with E-state index in [4.69, 9.17) is 4.74 Å². The van der Waals surface area contributed by atoms with Crippen LogP contribution >= 0.6 is 0 Å². The van der Waals surface area contributed by atoms with Crippen LogP contribution in [0.1, 0.15) is 11.4 Å². The van der Waals surface area contributed by atoms with Gasteiger partial charge in [0.05, 0.1) is 18.1 Å². The number of aryl methyl sites for hydroxylation is 1. The third kappa shape index (κ3) is 3.24. The van der Waals surface area contributed by atoms with E-state index in [1.165, 1.54) is 26.2 Å². The van der Waals surface area contributed by atoms with Crippen LogP contribution in [0.4, 0.5) is 13.2 Å². The van der Waals surface area contributed by atoms with Crippen LogP contribution in [0.3, 0.4) is 0 Å². The first kappa shape index (κ1) is 21.4. The van der Waals surface area contributed by atoms with E-state index in [1.807, 2.05) is 0 Å². The first-order valence-electron chi connectivity index (χ1n) is 10.1. The Bertz CT molecular complexity index is 1680. The molecule has 0 fully saturated rings. The number of aromatic nitrogens is 5. The molecular formula is C23H16F3N5O3. The molecule has 0 saturated carbocycles. The van der Waals surface area contributed by atoms with Crippen molar-refractivity contribution in [2.45, 2.75) is 13.1 Å². The summed E-state index contributed by atoms with van der Waals surface area (Å²) in [7, 11) is 1.41. The molecule has 0 saturated heterocycles. The van der Waals surface area contributed by atoms with Crippen LogP contribution in [-0.2, 0) is 6.18 Å². The predicted octanol–water partition coefficient (Wildman–Crippen LogP) is 3.93. The number of rotatable bonds is 3. The van der Waals surface area contributed by atoms with E-state index in [-0.39, 0.29) is 44.8 Å². The summed E-state index contributed by atoms with van der Waals surface area (Å²) >= 11 is 0. The first-order chi connectivity index (χ1) is 16.2. The number of benzene rings is 2. The van der Waals surface area contributed by atoms with E-state index in [1.54, 1.807) is 36.4 Å². The fourth-order valence-corrected chi connectivity index (χ4v) is 3.96. The van der Waals surface area contributed by atoms with Gasteiger partial charge in [0, 0.05) is 5.69 Å². The second-order valence-corrected chi connectivity index (χ2v) is 7.55. The predicted molar refractivity (Wildman–Crippen MR) is 119 cm³/mol. The van der Waals surface area contributed by atoms with Crippen LogP contribution in [-0.4, -0.2) is 31.7 Å². The lowest BCUT2D eigenvalue weighted by Crippen LogP contribution is -2.22. The number of halogens is 3. The lowest BCUT2D eigenvalue weighted by Gasteiger charge is -2.09. The molecule has 0 aliphatic heterocycles. The van der Waals surface area contributed by atoms with Gasteiger partial charge >= 0.3 is 6.18 Å². The van der Waals surface area contributed by atoms with Crippen molar-refractivity contribution in [1.29, 1.82) is 0 Å². The largest absolute Gasteiger partial charge is 0.494 e. The topological polar surface area (TPSA) is 105 Å². The van der Waals surface area contributed by atoms with Gasteiger partial charge in [-0.3, -0.25) is 9.59 Å². The highest BCUT2D eigenvalue weighted by Gasteiger charge is 2.39. The van der Waals surface area contributed by atoms with E-state index in [0.717, 1.165) is 0 Å². The second-order valence-electron chi connectivity index (χ2n) is 7.55. The van der Waals surface area contributed by atoms with Crippen molar-refractivity contribution in [1.82, 2.24) is 24.6 Å². The summed E-state index contributed by atoms with van der Waals surface area (Å²) in [5.41, 5.74) is -2.42. The lowest BCUT2D eigenvalue weighted by atomic mass is 10.1. The Morgan fingerprint density at radius 3 is 2.38 bits per heavy atom. The highest BCUT2D eigenvalue weighted by molar-refractivity contribution is 5.86. The number of nitrogens with zero attached hydrogens (tertiary/aromatic N) is 3. The van der Waals surface area contributed by atoms with Crippen molar-refractivity contribution < 1.29 is 17.9 Å². The van der Waals surface area contributed by atoms with Gasteiger partial charge in [0.25, 0.3) is 11.1 Å². The first-order valence-corrected chi connectivity index (χ1v) is 10.1. The summed E-state index contributed by atoms with van der Waals surface area (Å²) < 4.78 is 47.5. The molecule has 2 aromatic carbocycles. The maximum absolute atomic E-state index is 13.9. The number of alkyl halides is 3. The third-order valence-electron chi connectivity index (χ3n) is 5.46. The molecule has 172 valence electrons. The smallest absolute Gasteiger partial charge is 0.435 e. The molecular weight excluding hydrogens is 451 g/mol. The van der Waals surface area contributed by atoms with Crippen LogP contribution in [0, 0.1) is 6.92 Å². The van der Waals surface area contributed by atoms with Crippen molar-refractivity contribution in [2.24, 2.45) is 0 Å². The van der Waals surface area contributed by atoms with Gasteiger partial charge < -0.3 is 14.7 Å². The quantitative estimate of drug-likeness (QED) is 0.418. The number of ether oxygens (including phenoxy) is 1. The summed E-state index contributed by atoms with van der Waals surface area (Å²) in [5, 5.41) is 3.85. The number of aromatic amines is 2. The number of para-hydroxylation sites is 1. The molecule has 34 heavy (non-hydrogen) atoms. The zero-order valence-corrected chi connectivity index (χ0v) is 17.8. The Balaban J connectivity index is 1.85. The minimum absolute atomic E-state index is 0.117. The summed E-state index contributed by atoms with van der Waals surface area (Å²) in [6, 6.07) is 12.6. The van der Waals surface area contributed by atoms with E-state index in [2.05, 4.69) is 20.1 Å². The molecule has 0 atom stereocenters. The minimum atomic E-state index is -4.81. The summed E-state index contributed by atoms with van der Waals surface area (Å²) in [5.74, 6) is 0.192. The molecule has 5 rings (SSSR count). The third-order valence-corrected chi connectivity index (χ3v) is 5.46. The fourth-order valence-electron chi connectivity index (χ4n) is 3.96. The molecule has 2 N–H and O–H groups in total. The lowest BCUT2D eigenvalue weighted by molar-refractivity contribution is -0.140. The van der Waals surface area contributed by atoms with Crippen molar-refractivity contribution in [3.63, 3.8) is 0 Å². The fraction of sp³-hybridized carbons (Fsp3) is 0.130. The Kier molecular flexibility index (Phi) is 4.78. The van der Waals surface area contributed by atoms with Crippen LogP contribution in [0.15, 0.2) is 58.1 Å². The van der Waals surface area contributed by atoms with Gasteiger partial charge in [-0.15, -0.1) is 0 Å². The summed E-state index contributed by atoms with van der Waals surface area (Å²) in [6.07, 6.45) is -4.81. The average molecular weight is 467 g/mol. The molecule has 0 spiro atoms. The summed E-state index contributed by atoms with van der Waals surface area (Å²) in [6.45, 7) is 1.51. The zero-order valence-electron chi connectivity index (χ0n) is 17.8. The van der Waals surface area contributed by atoms with Crippen LogP contribution in [0.25, 0.3) is 39.1 Å². The SMILES string of the molecule is COc1cccc2c(=O)[nH]c(-c3c(C)[nH]c4c(-c5ccccc5)c(C(F)(F)F)nn4c3=O)nc12. The van der Waals surface area contributed by atoms with Gasteiger partial charge in [-0.05, 0) is 24.6 Å². The minimum Gasteiger partial charge on any atom is -0.494 e. The highest BCUT2D eigenvalue weighted by atomic mass is 19.4. The molecule has 3 aromatic heterocycles. The molecule has 11 heteroatoms. The van der Waals surface area contributed by atoms with Gasteiger partial charge in [-0.2, -0.15) is 22.8 Å².